The van der Waals surface area contributed by atoms with Crippen LogP contribution in [0.2, 0.25) is 5.02 Å². The van der Waals surface area contributed by atoms with Crippen LogP contribution in [0.25, 0.3) is 10.9 Å². The van der Waals surface area contributed by atoms with E-state index in [1.807, 2.05) is 0 Å². The Morgan fingerprint density at radius 3 is 2.56 bits per heavy atom. The molecule has 4 rings (SSSR count). The molecule has 0 aliphatic heterocycles. The van der Waals surface area contributed by atoms with Gasteiger partial charge >= 0.3 is 0 Å². The number of rotatable bonds is 5. The number of nitrogens with two attached hydrogens (primary N) is 1. The molecule has 0 fully saturated rings. The first-order chi connectivity index (χ1) is 15.3. The molecule has 0 spiro atoms. The number of amides is 1. The second-order valence-corrected chi connectivity index (χ2v) is 8.35. The van der Waals surface area contributed by atoms with Crippen molar-refractivity contribution >= 4 is 51.4 Å². The maximum Gasteiger partial charge on any atom is 0.278 e. The van der Waals surface area contributed by atoms with Gasteiger partial charge in [-0.2, -0.15) is 5.10 Å². The average molecular weight is 471 g/mol. The molecule has 0 aliphatic carbocycles. The van der Waals surface area contributed by atoms with Crippen molar-refractivity contribution in [2.24, 2.45) is 5.14 Å². The third-order valence-electron chi connectivity index (χ3n) is 4.70. The summed E-state index contributed by atoms with van der Waals surface area (Å²) in [5.74, 6) is -1.31. The highest BCUT2D eigenvalue weighted by Crippen LogP contribution is 2.27. The molecule has 1 unspecified atom stereocenters. The van der Waals surface area contributed by atoms with Crippen molar-refractivity contribution in [2.75, 3.05) is 5.32 Å². The minimum Gasteiger partial charge on any atom is -0.593 e. The van der Waals surface area contributed by atoms with E-state index >= 15 is 0 Å². The number of aromatic nitrogens is 2. The maximum atomic E-state index is 13.1. The van der Waals surface area contributed by atoms with Gasteiger partial charge < -0.3 is 9.87 Å². The van der Waals surface area contributed by atoms with E-state index in [4.69, 9.17) is 16.7 Å². The lowest BCUT2D eigenvalue weighted by molar-refractivity contribution is -0.115. The van der Waals surface area contributed by atoms with Crippen LogP contribution in [0.4, 0.5) is 10.1 Å². The van der Waals surface area contributed by atoms with Gasteiger partial charge in [0.1, 0.15) is 11.3 Å². The van der Waals surface area contributed by atoms with E-state index in [2.05, 4.69) is 10.4 Å². The van der Waals surface area contributed by atoms with Gasteiger partial charge in [0.2, 0.25) is 5.91 Å². The molecule has 0 aliphatic rings. The fourth-order valence-corrected chi connectivity index (χ4v) is 4.00. The molecule has 0 saturated carbocycles. The molecule has 0 radical (unpaired) electrons. The second kappa shape index (κ2) is 9.09. The Balaban J connectivity index is 1.64. The van der Waals surface area contributed by atoms with Gasteiger partial charge in [0.25, 0.3) is 5.91 Å². The number of halogens is 2. The van der Waals surface area contributed by atoms with Crippen LogP contribution in [-0.2, 0) is 22.6 Å². The number of fused-ring (bicyclic) bond motifs is 1. The first kappa shape index (κ1) is 22.0. The highest BCUT2D eigenvalue weighted by molar-refractivity contribution is 7.89. The molecule has 0 saturated heterocycles. The highest BCUT2D eigenvalue weighted by atomic mass is 35.5. The van der Waals surface area contributed by atoms with Gasteiger partial charge in [-0.1, -0.05) is 29.8 Å². The fourth-order valence-electron chi connectivity index (χ4n) is 3.18. The Kier molecular flexibility index (Phi) is 6.24. The molecule has 1 atom stereocenters. The Morgan fingerprint density at radius 2 is 1.88 bits per heavy atom. The van der Waals surface area contributed by atoms with Gasteiger partial charge in [-0.15, -0.1) is 5.14 Å². The molecule has 4 aromatic rings. The molecular weight excluding hydrogens is 455 g/mol. The van der Waals surface area contributed by atoms with Crippen molar-refractivity contribution in [3.63, 3.8) is 0 Å². The third kappa shape index (κ3) is 4.66. The average Bonchev–Trinajstić information content (AvgIpc) is 3.18. The summed E-state index contributed by atoms with van der Waals surface area (Å²) in [5.41, 5.74) is 1.51. The summed E-state index contributed by atoms with van der Waals surface area (Å²) in [6.07, 6.45) is 1.44. The van der Waals surface area contributed by atoms with Crippen LogP contribution < -0.4 is 10.5 Å². The second-order valence-electron chi connectivity index (χ2n) is 6.91. The fraction of sp³-hybridized carbons (Fsp3) is 0.0455. The van der Waals surface area contributed by atoms with Gasteiger partial charge in [-0.25, -0.2) is 9.07 Å². The number of nitrogens with one attached hydrogen (secondary N) is 1. The van der Waals surface area contributed by atoms with Gasteiger partial charge in [0.05, 0.1) is 23.2 Å². The summed E-state index contributed by atoms with van der Waals surface area (Å²) in [7, 11) is 0. The van der Waals surface area contributed by atoms with Gasteiger partial charge in [-0.3, -0.25) is 9.59 Å². The highest BCUT2D eigenvalue weighted by Gasteiger charge is 2.20. The zero-order valence-corrected chi connectivity index (χ0v) is 18.0. The van der Waals surface area contributed by atoms with Crippen LogP contribution in [0.3, 0.4) is 0 Å². The van der Waals surface area contributed by atoms with Gasteiger partial charge in [-0.05, 0) is 42.0 Å². The van der Waals surface area contributed by atoms with Crippen LogP contribution in [0, 0.1) is 5.82 Å². The summed E-state index contributed by atoms with van der Waals surface area (Å²) >= 11 is 4.20. The molecule has 10 heteroatoms. The molecule has 3 aromatic carbocycles. The van der Waals surface area contributed by atoms with Crippen LogP contribution in [0.5, 0.6) is 0 Å². The van der Waals surface area contributed by atoms with E-state index in [1.54, 1.807) is 30.3 Å². The summed E-state index contributed by atoms with van der Waals surface area (Å²) in [5, 5.41) is 13.4. The van der Waals surface area contributed by atoms with Crippen LogP contribution >= 0.6 is 11.6 Å². The number of carbonyl (C=O) groups excluding carboxylic acids is 2. The van der Waals surface area contributed by atoms with E-state index in [1.165, 1.54) is 36.5 Å². The SMILES string of the molecule is N[S+]([O-])c1cc(NC(=O)Cc2ccccc2Cl)cc2nn(C(=O)c3ccc(F)cc3)cc12. The minimum atomic E-state index is -1.90. The van der Waals surface area contributed by atoms with Crippen molar-refractivity contribution < 1.29 is 18.5 Å². The van der Waals surface area contributed by atoms with Crippen LogP contribution in [0.1, 0.15) is 15.9 Å². The van der Waals surface area contributed by atoms with Crippen LogP contribution in [0.15, 0.2) is 71.8 Å². The van der Waals surface area contributed by atoms with E-state index < -0.39 is 23.1 Å². The Bertz CT molecular complexity index is 1320. The Labute approximate surface area is 190 Å². The van der Waals surface area contributed by atoms with Gasteiger partial charge in [0.15, 0.2) is 4.90 Å². The molecule has 1 aromatic heterocycles. The summed E-state index contributed by atoms with van der Waals surface area (Å²) in [6, 6.07) is 15.0. The zero-order chi connectivity index (χ0) is 22.8. The monoisotopic (exact) mass is 470 g/mol. The number of hydrogen-bond acceptors (Lipinski definition) is 5. The van der Waals surface area contributed by atoms with Crippen molar-refractivity contribution in [1.82, 2.24) is 9.78 Å². The smallest absolute Gasteiger partial charge is 0.278 e. The first-order valence-corrected chi connectivity index (χ1v) is 10.9. The van der Waals surface area contributed by atoms with Gasteiger partial charge in [0, 0.05) is 28.5 Å². The zero-order valence-electron chi connectivity index (χ0n) is 16.4. The molecule has 7 nitrogen and oxygen atoms in total. The number of carbonyl (C=O) groups is 2. The molecule has 1 heterocycles. The quantitative estimate of drug-likeness (QED) is 0.432. The number of benzene rings is 3. The first-order valence-electron chi connectivity index (χ1n) is 9.35. The van der Waals surface area contributed by atoms with Crippen molar-refractivity contribution in [3.8, 4) is 0 Å². The van der Waals surface area contributed by atoms with E-state index in [9.17, 15) is 18.5 Å². The standard InChI is InChI=1S/C22H16ClFN4O3S/c23-18-4-2-1-3-14(18)9-21(29)26-16-10-19-17(20(11-16)32(25)31)12-28(27-19)22(30)13-5-7-15(24)8-6-13/h1-8,10-12H,9,25H2,(H,26,29). The lowest BCUT2D eigenvalue weighted by Gasteiger charge is -2.09. The van der Waals surface area contributed by atoms with E-state index in [0.717, 1.165) is 4.68 Å². The lowest BCUT2D eigenvalue weighted by Crippen LogP contribution is -2.16. The lowest BCUT2D eigenvalue weighted by atomic mass is 10.1. The molecule has 0 bridgehead atoms. The maximum absolute atomic E-state index is 13.1. The van der Waals surface area contributed by atoms with Crippen molar-refractivity contribution in [3.05, 3.63) is 88.8 Å². The van der Waals surface area contributed by atoms with E-state index in [0.29, 0.717) is 27.2 Å². The predicted molar refractivity (Wildman–Crippen MR) is 120 cm³/mol. The Hall–Kier alpha value is -3.24. The summed E-state index contributed by atoms with van der Waals surface area (Å²) in [4.78, 5) is 25.4. The molecule has 32 heavy (non-hydrogen) atoms. The predicted octanol–water partition coefficient (Wildman–Crippen LogP) is 3.68. The molecule has 3 N–H and O–H groups in total. The summed E-state index contributed by atoms with van der Waals surface area (Å²) in [6.45, 7) is 0. The third-order valence-corrected chi connectivity index (χ3v) is 5.84. The largest absolute Gasteiger partial charge is 0.593 e. The number of hydrogen-bond donors (Lipinski definition) is 2. The topological polar surface area (TPSA) is 113 Å². The minimum absolute atomic E-state index is 0.0379. The van der Waals surface area contributed by atoms with Crippen LogP contribution in [-0.4, -0.2) is 26.1 Å². The number of anilines is 1. The molecule has 162 valence electrons. The Morgan fingerprint density at radius 1 is 1.16 bits per heavy atom. The number of nitrogens with zero attached hydrogens (tertiary/aromatic N) is 2. The molecular formula is C22H16ClFN4O3S. The van der Waals surface area contributed by atoms with Crippen molar-refractivity contribution in [2.45, 2.75) is 11.3 Å². The van der Waals surface area contributed by atoms with E-state index in [-0.39, 0.29) is 22.8 Å². The molecule has 1 amide bonds. The normalized spacial score (nSPS) is 12.0. The van der Waals surface area contributed by atoms with Crippen molar-refractivity contribution in [1.29, 1.82) is 0 Å². The summed E-state index contributed by atoms with van der Waals surface area (Å²) < 4.78 is 26.3.